The van der Waals surface area contributed by atoms with Crippen molar-refractivity contribution in [3.05, 3.63) is 23.8 Å². The van der Waals surface area contributed by atoms with Crippen LogP contribution in [0, 0.1) is 0 Å². The van der Waals surface area contributed by atoms with E-state index in [4.69, 9.17) is 9.47 Å². The number of methoxy groups -OCH3 is 1. The van der Waals surface area contributed by atoms with Gasteiger partial charge in [0.1, 0.15) is 6.29 Å². The Bertz CT molecular complexity index is 425. The molecular formula is C14H19NO3. The van der Waals surface area contributed by atoms with Crippen molar-refractivity contribution in [2.45, 2.75) is 31.9 Å². The van der Waals surface area contributed by atoms with Gasteiger partial charge in [-0.15, -0.1) is 0 Å². The Hall–Kier alpha value is -1.55. The molecule has 1 fully saturated rings. The van der Waals surface area contributed by atoms with E-state index in [1.54, 1.807) is 25.3 Å². The van der Waals surface area contributed by atoms with Gasteiger partial charge in [0.2, 0.25) is 0 Å². The molecule has 2 rings (SSSR count). The first-order valence-electron chi connectivity index (χ1n) is 6.24. The molecule has 18 heavy (non-hydrogen) atoms. The van der Waals surface area contributed by atoms with Crippen LogP contribution in [0.2, 0.25) is 0 Å². The molecule has 0 unspecified atom stereocenters. The maximum absolute atomic E-state index is 10.7. The molecule has 0 aromatic heterocycles. The van der Waals surface area contributed by atoms with Crippen LogP contribution in [0.4, 0.5) is 0 Å². The van der Waals surface area contributed by atoms with E-state index < -0.39 is 0 Å². The molecule has 1 saturated heterocycles. The van der Waals surface area contributed by atoms with Crippen LogP contribution in [0.15, 0.2) is 18.2 Å². The zero-order chi connectivity index (χ0) is 13.0. The number of aldehydes is 1. The normalized spacial score (nSPS) is 23.4. The van der Waals surface area contributed by atoms with Crippen molar-refractivity contribution in [3.63, 3.8) is 0 Å². The number of benzene rings is 1. The van der Waals surface area contributed by atoms with Gasteiger partial charge in [0, 0.05) is 12.0 Å². The molecule has 1 aliphatic heterocycles. The van der Waals surface area contributed by atoms with Gasteiger partial charge in [0.15, 0.2) is 17.2 Å². The summed E-state index contributed by atoms with van der Waals surface area (Å²) in [6.45, 7) is 3.00. The predicted octanol–water partition coefficient (Wildman–Crippen LogP) is 2.38. The van der Waals surface area contributed by atoms with Gasteiger partial charge in [-0.05, 0) is 44.5 Å². The summed E-state index contributed by atoms with van der Waals surface area (Å²) in [7, 11) is 1.58. The molecule has 0 spiro atoms. The Morgan fingerprint density at radius 1 is 1.33 bits per heavy atom. The lowest BCUT2D eigenvalue weighted by molar-refractivity contribution is 0.0232. The molecule has 0 aliphatic carbocycles. The van der Waals surface area contributed by atoms with Crippen LogP contribution in [0.25, 0.3) is 0 Å². The fourth-order valence-electron chi connectivity index (χ4n) is 2.20. The van der Waals surface area contributed by atoms with E-state index in [1.165, 1.54) is 6.42 Å². The second-order valence-corrected chi connectivity index (χ2v) is 4.74. The van der Waals surface area contributed by atoms with Crippen molar-refractivity contribution >= 4 is 6.29 Å². The number of piperidine rings is 1. The van der Waals surface area contributed by atoms with Crippen LogP contribution in [0.5, 0.6) is 11.5 Å². The third-order valence-corrected chi connectivity index (χ3v) is 3.24. The molecule has 1 aromatic rings. The van der Waals surface area contributed by atoms with E-state index in [0.717, 1.165) is 25.7 Å². The predicted molar refractivity (Wildman–Crippen MR) is 69.3 cm³/mol. The van der Waals surface area contributed by atoms with Crippen molar-refractivity contribution in [1.29, 1.82) is 0 Å². The molecular weight excluding hydrogens is 230 g/mol. The van der Waals surface area contributed by atoms with E-state index in [2.05, 4.69) is 5.32 Å². The molecule has 0 radical (unpaired) electrons. The first-order valence-corrected chi connectivity index (χ1v) is 6.24. The molecule has 1 heterocycles. The molecule has 1 N–H and O–H groups in total. The molecule has 0 bridgehead atoms. The fourth-order valence-corrected chi connectivity index (χ4v) is 2.20. The van der Waals surface area contributed by atoms with Crippen LogP contribution >= 0.6 is 0 Å². The van der Waals surface area contributed by atoms with Crippen molar-refractivity contribution in [2.75, 3.05) is 13.7 Å². The number of rotatable bonds is 4. The Kier molecular flexibility index (Phi) is 3.87. The lowest BCUT2D eigenvalue weighted by Gasteiger charge is -2.35. The monoisotopic (exact) mass is 249 g/mol. The van der Waals surface area contributed by atoms with Crippen LogP contribution in [-0.2, 0) is 0 Å². The molecule has 4 heteroatoms. The first-order chi connectivity index (χ1) is 8.67. The van der Waals surface area contributed by atoms with Gasteiger partial charge < -0.3 is 9.47 Å². The SMILES string of the molecule is COc1cc(C=O)ccc1O[C@@]1(C)CCCCN1. The van der Waals surface area contributed by atoms with Crippen molar-refractivity contribution in [3.8, 4) is 11.5 Å². The summed E-state index contributed by atoms with van der Waals surface area (Å²) in [5.74, 6) is 1.26. The smallest absolute Gasteiger partial charge is 0.163 e. The number of hydrogen-bond acceptors (Lipinski definition) is 4. The maximum atomic E-state index is 10.7. The third-order valence-electron chi connectivity index (χ3n) is 3.24. The van der Waals surface area contributed by atoms with Gasteiger partial charge >= 0.3 is 0 Å². The number of nitrogens with one attached hydrogen (secondary N) is 1. The summed E-state index contributed by atoms with van der Waals surface area (Å²) in [6, 6.07) is 5.20. The largest absolute Gasteiger partial charge is 0.493 e. The lowest BCUT2D eigenvalue weighted by atomic mass is 10.0. The number of carbonyl (C=O) groups is 1. The quantitative estimate of drug-likeness (QED) is 0.832. The second-order valence-electron chi connectivity index (χ2n) is 4.74. The van der Waals surface area contributed by atoms with Gasteiger partial charge in [-0.25, -0.2) is 0 Å². The van der Waals surface area contributed by atoms with E-state index in [1.807, 2.05) is 6.92 Å². The van der Waals surface area contributed by atoms with Crippen molar-refractivity contribution < 1.29 is 14.3 Å². The summed E-state index contributed by atoms with van der Waals surface area (Å²) >= 11 is 0. The topological polar surface area (TPSA) is 47.6 Å². The number of hydrogen-bond donors (Lipinski definition) is 1. The van der Waals surface area contributed by atoms with Crippen LogP contribution in [-0.4, -0.2) is 25.7 Å². The first kappa shape index (κ1) is 12.9. The second kappa shape index (κ2) is 5.40. The van der Waals surface area contributed by atoms with Gasteiger partial charge in [-0.2, -0.15) is 0 Å². The van der Waals surface area contributed by atoms with Gasteiger partial charge in [-0.1, -0.05) is 0 Å². The van der Waals surface area contributed by atoms with E-state index >= 15 is 0 Å². The van der Waals surface area contributed by atoms with Gasteiger partial charge in [0.05, 0.1) is 7.11 Å². The average molecular weight is 249 g/mol. The Balaban J connectivity index is 2.19. The minimum absolute atomic E-state index is 0.353. The summed E-state index contributed by atoms with van der Waals surface area (Å²) < 4.78 is 11.3. The van der Waals surface area contributed by atoms with E-state index in [-0.39, 0.29) is 5.72 Å². The molecule has 1 atom stereocenters. The highest BCUT2D eigenvalue weighted by atomic mass is 16.5. The number of ether oxygens (including phenoxy) is 2. The van der Waals surface area contributed by atoms with Crippen LogP contribution < -0.4 is 14.8 Å². The zero-order valence-corrected chi connectivity index (χ0v) is 10.9. The summed E-state index contributed by atoms with van der Waals surface area (Å²) in [6.07, 6.45) is 4.09. The Morgan fingerprint density at radius 3 is 2.78 bits per heavy atom. The van der Waals surface area contributed by atoms with Crippen LogP contribution in [0.3, 0.4) is 0 Å². The highest BCUT2D eigenvalue weighted by molar-refractivity contribution is 5.76. The molecule has 0 saturated carbocycles. The highest BCUT2D eigenvalue weighted by Crippen LogP contribution is 2.32. The average Bonchev–Trinajstić information content (AvgIpc) is 2.39. The van der Waals surface area contributed by atoms with E-state index in [0.29, 0.717) is 17.1 Å². The van der Waals surface area contributed by atoms with Gasteiger partial charge in [-0.3, -0.25) is 10.1 Å². The Morgan fingerprint density at radius 2 is 2.17 bits per heavy atom. The summed E-state index contributed by atoms with van der Waals surface area (Å²) in [5.41, 5.74) is 0.231. The van der Waals surface area contributed by atoms with Crippen LogP contribution in [0.1, 0.15) is 36.5 Å². The summed E-state index contributed by atoms with van der Waals surface area (Å²) in [4.78, 5) is 10.7. The highest BCUT2D eigenvalue weighted by Gasteiger charge is 2.29. The molecule has 4 nitrogen and oxygen atoms in total. The third kappa shape index (κ3) is 2.82. The minimum atomic E-state index is -0.353. The molecule has 0 amide bonds. The number of carbonyl (C=O) groups excluding carboxylic acids is 1. The van der Waals surface area contributed by atoms with Crippen molar-refractivity contribution in [2.24, 2.45) is 0 Å². The molecule has 1 aliphatic rings. The zero-order valence-electron chi connectivity index (χ0n) is 10.9. The van der Waals surface area contributed by atoms with Gasteiger partial charge in [0.25, 0.3) is 0 Å². The lowest BCUT2D eigenvalue weighted by Crippen LogP contribution is -2.50. The van der Waals surface area contributed by atoms with Crippen molar-refractivity contribution in [1.82, 2.24) is 5.32 Å². The fraction of sp³-hybridized carbons (Fsp3) is 0.500. The molecule has 1 aromatic carbocycles. The summed E-state index contributed by atoms with van der Waals surface area (Å²) in [5, 5.41) is 3.38. The minimum Gasteiger partial charge on any atom is -0.493 e. The van der Waals surface area contributed by atoms with E-state index in [9.17, 15) is 4.79 Å². The Labute approximate surface area is 107 Å². The molecule has 98 valence electrons. The standard InChI is InChI=1S/C14H19NO3/c1-14(7-3-4-8-15-14)18-12-6-5-11(10-16)9-13(12)17-2/h5-6,9-10,15H,3-4,7-8H2,1-2H3/t14-/m0/s1. The maximum Gasteiger partial charge on any atom is 0.163 e.